The molecular weight excluding hydrogens is 224 g/mol. The predicted molar refractivity (Wildman–Crippen MR) is 76.2 cm³/mol. The van der Waals surface area contributed by atoms with Crippen molar-refractivity contribution >= 4 is 22.5 Å². The van der Waals surface area contributed by atoms with Gasteiger partial charge in [-0.2, -0.15) is 0 Å². The number of para-hydroxylation sites is 1. The molecule has 2 rings (SSSR count). The average Bonchev–Trinajstić information content (AvgIpc) is 2.66. The first kappa shape index (κ1) is 12.7. The lowest BCUT2D eigenvalue weighted by Gasteiger charge is -2.08. The molecule has 1 heterocycles. The Bertz CT molecular complexity index is 555. The van der Waals surface area contributed by atoms with Gasteiger partial charge >= 0.3 is 0 Å². The van der Waals surface area contributed by atoms with Gasteiger partial charge in [0.25, 0.3) is 0 Å². The number of carbonyl (C=O) groups is 1. The number of hydrogen-bond donors (Lipinski definition) is 2. The SMILES string of the molecule is CC(=O)c1c(NCCC(C)C)[nH]c2ccccc12. The van der Waals surface area contributed by atoms with Gasteiger partial charge in [0, 0.05) is 17.4 Å². The molecule has 0 aliphatic heterocycles. The standard InChI is InChI=1S/C15H20N2O/c1-10(2)8-9-16-15-14(11(3)18)12-6-4-5-7-13(12)17-15/h4-7,10,16-17H,8-9H2,1-3H3. The van der Waals surface area contributed by atoms with E-state index in [0.717, 1.165) is 35.2 Å². The molecule has 3 nitrogen and oxygen atoms in total. The molecule has 0 atom stereocenters. The Morgan fingerprint density at radius 3 is 2.72 bits per heavy atom. The first-order valence-electron chi connectivity index (χ1n) is 6.45. The lowest BCUT2D eigenvalue weighted by molar-refractivity contribution is 0.102. The van der Waals surface area contributed by atoms with E-state index in [4.69, 9.17) is 0 Å². The van der Waals surface area contributed by atoms with E-state index in [1.54, 1.807) is 6.92 Å². The Morgan fingerprint density at radius 1 is 1.33 bits per heavy atom. The first-order chi connectivity index (χ1) is 8.59. The van der Waals surface area contributed by atoms with Crippen LogP contribution in [-0.4, -0.2) is 17.3 Å². The van der Waals surface area contributed by atoms with E-state index in [-0.39, 0.29) is 5.78 Å². The number of rotatable bonds is 5. The summed E-state index contributed by atoms with van der Waals surface area (Å²) in [5.74, 6) is 1.60. The van der Waals surface area contributed by atoms with Gasteiger partial charge in [0.2, 0.25) is 0 Å². The minimum absolute atomic E-state index is 0.0968. The summed E-state index contributed by atoms with van der Waals surface area (Å²) in [5, 5.41) is 4.34. The number of H-pyrrole nitrogens is 1. The average molecular weight is 244 g/mol. The maximum atomic E-state index is 11.8. The van der Waals surface area contributed by atoms with Gasteiger partial charge in [-0.25, -0.2) is 0 Å². The topological polar surface area (TPSA) is 44.9 Å². The van der Waals surface area contributed by atoms with Crippen molar-refractivity contribution in [1.29, 1.82) is 0 Å². The smallest absolute Gasteiger partial charge is 0.164 e. The zero-order chi connectivity index (χ0) is 13.1. The third-order valence-electron chi connectivity index (χ3n) is 3.08. The van der Waals surface area contributed by atoms with Crippen molar-refractivity contribution in [2.75, 3.05) is 11.9 Å². The maximum absolute atomic E-state index is 11.8. The quantitative estimate of drug-likeness (QED) is 0.785. The molecular formula is C15H20N2O. The minimum atomic E-state index is 0.0968. The molecule has 2 aromatic rings. The van der Waals surface area contributed by atoms with Crippen LogP contribution in [0.2, 0.25) is 0 Å². The van der Waals surface area contributed by atoms with Gasteiger partial charge in [-0.05, 0) is 25.3 Å². The van der Waals surface area contributed by atoms with Crippen LogP contribution in [0.5, 0.6) is 0 Å². The molecule has 1 aromatic carbocycles. The van der Waals surface area contributed by atoms with E-state index >= 15 is 0 Å². The van der Waals surface area contributed by atoms with Crippen molar-refractivity contribution in [2.45, 2.75) is 27.2 Å². The molecule has 0 unspecified atom stereocenters. The number of aromatic nitrogens is 1. The van der Waals surface area contributed by atoms with E-state index < -0.39 is 0 Å². The fourth-order valence-corrected chi connectivity index (χ4v) is 2.13. The summed E-state index contributed by atoms with van der Waals surface area (Å²) in [7, 11) is 0. The number of hydrogen-bond acceptors (Lipinski definition) is 2. The molecule has 96 valence electrons. The van der Waals surface area contributed by atoms with Gasteiger partial charge in [-0.15, -0.1) is 0 Å². The summed E-state index contributed by atoms with van der Waals surface area (Å²) in [4.78, 5) is 15.1. The Balaban J connectivity index is 2.31. The van der Waals surface area contributed by atoms with E-state index in [1.165, 1.54) is 0 Å². The van der Waals surface area contributed by atoms with Crippen molar-refractivity contribution in [3.8, 4) is 0 Å². The zero-order valence-electron chi connectivity index (χ0n) is 11.2. The predicted octanol–water partition coefficient (Wildman–Crippen LogP) is 3.83. The summed E-state index contributed by atoms with van der Waals surface area (Å²) in [6.45, 7) is 6.88. The molecule has 0 aliphatic carbocycles. The van der Waals surface area contributed by atoms with Crippen molar-refractivity contribution in [3.05, 3.63) is 29.8 Å². The lowest BCUT2D eigenvalue weighted by atomic mass is 10.1. The van der Waals surface area contributed by atoms with Gasteiger partial charge in [0.1, 0.15) is 5.82 Å². The van der Waals surface area contributed by atoms with Gasteiger partial charge in [0.15, 0.2) is 5.78 Å². The number of ketones is 1. The van der Waals surface area contributed by atoms with E-state index in [9.17, 15) is 4.79 Å². The molecule has 1 aromatic heterocycles. The van der Waals surface area contributed by atoms with Crippen LogP contribution >= 0.6 is 0 Å². The van der Waals surface area contributed by atoms with Gasteiger partial charge in [-0.1, -0.05) is 32.0 Å². The second-order valence-corrected chi connectivity index (χ2v) is 5.09. The fraction of sp³-hybridized carbons (Fsp3) is 0.400. The molecule has 0 saturated heterocycles. The molecule has 2 N–H and O–H groups in total. The minimum Gasteiger partial charge on any atom is -0.371 e. The summed E-state index contributed by atoms with van der Waals surface area (Å²) >= 11 is 0. The lowest BCUT2D eigenvalue weighted by Crippen LogP contribution is -2.07. The van der Waals surface area contributed by atoms with Crippen LogP contribution in [0.4, 0.5) is 5.82 Å². The number of carbonyl (C=O) groups excluding carboxylic acids is 1. The van der Waals surface area contributed by atoms with Crippen LogP contribution in [0, 0.1) is 5.92 Å². The number of benzene rings is 1. The highest BCUT2D eigenvalue weighted by atomic mass is 16.1. The molecule has 0 amide bonds. The van der Waals surface area contributed by atoms with Crippen molar-refractivity contribution in [2.24, 2.45) is 5.92 Å². The molecule has 18 heavy (non-hydrogen) atoms. The van der Waals surface area contributed by atoms with Crippen LogP contribution in [0.15, 0.2) is 24.3 Å². The van der Waals surface area contributed by atoms with Gasteiger partial charge in [-0.3, -0.25) is 4.79 Å². The molecule has 0 spiro atoms. The summed E-state index contributed by atoms with van der Waals surface area (Å²) < 4.78 is 0. The van der Waals surface area contributed by atoms with E-state index in [2.05, 4.69) is 24.1 Å². The van der Waals surface area contributed by atoms with Crippen LogP contribution in [-0.2, 0) is 0 Å². The molecule has 0 radical (unpaired) electrons. The van der Waals surface area contributed by atoms with Crippen molar-refractivity contribution in [1.82, 2.24) is 4.98 Å². The third-order valence-corrected chi connectivity index (χ3v) is 3.08. The molecule has 0 aliphatic rings. The van der Waals surface area contributed by atoms with Crippen molar-refractivity contribution < 1.29 is 4.79 Å². The Hall–Kier alpha value is -1.77. The Kier molecular flexibility index (Phi) is 3.70. The number of aromatic amines is 1. The van der Waals surface area contributed by atoms with E-state index in [1.807, 2.05) is 24.3 Å². The summed E-state index contributed by atoms with van der Waals surface area (Å²) in [6.07, 6.45) is 1.09. The van der Waals surface area contributed by atoms with Gasteiger partial charge in [0.05, 0.1) is 5.56 Å². The third kappa shape index (κ3) is 2.55. The first-order valence-corrected chi connectivity index (χ1v) is 6.45. The fourth-order valence-electron chi connectivity index (χ4n) is 2.13. The van der Waals surface area contributed by atoms with Crippen LogP contribution < -0.4 is 5.32 Å². The number of fused-ring (bicyclic) bond motifs is 1. The summed E-state index contributed by atoms with van der Waals surface area (Å²) in [6, 6.07) is 7.91. The van der Waals surface area contributed by atoms with E-state index in [0.29, 0.717) is 5.92 Å². The molecule has 3 heteroatoms. The van der Waals surface area contributed by atoms with Gasteiger partial charge < -0.3 is 10.3 Å². The highest BCUT2D eigenvalue weighted by Gasteiger charge is 2.14. The highest BCUT2D eigenvalue weighted by molar-refractivity contribution is 6.11. The van der Waals surface area contributed by atoms with Crippen LogP contribution in [0.25, 0.3) is 10.9 Å². The highest BCUT2D eigenvalue weighted by Crippen LogP contribution is 2.26. The maximum Gasteiger partial charge on any atom is 0.164 e. The van der Waals surface area contributed by atoms with Crippen molar-refractivity contribution in [3.63, 3.8) is 0 Å². The largest absolute Gasteiger partial charge is 0.371 e. The number of Topliss-reactive ketones (excluding diaryl/α,β-unsaturated/α-hetero) is 1. The van der Waals surface area contributed by atoms with Crippen LogP contribution in [0.3, 0.4) is 0 Å². The normalized spacial score (nSPS) is 11.1. The Labute approximate surface area is 108 Å². The monoisotopic (exact) mass is 244 g/mol. The molecule has 0 bridgehead atoms. The number of nitrogens with one attached hydrogen (secondary N) is 2. The molecule has 0 saturated carbocycles. The van der Waals surface area contributed by atoms with Crippen LogP contribution in [0.1, 0.15) is 37.6 Å². The second-order valence-electron chi connectivity index (χ2n) is 5.09. The zero-order valence-corrected chi connectivity index (χ0v) is 11.2. The Morgan fingerprint density at radius 2 is 2.06 bits per heavy atom. The molecule has 0 fully saturated rings. The number of anilines is 1. The summed E-state index contributed by atoms with van der Waals surface area (Å²) in [5.41, 5.74) is 1.78. The second kappa shape index (κ2) is 5.25.